The maximum atomic E-state index is 12.6. The zero-order valence-electron chi connectivity index (χ0n) is 15.0. The second kappa shape index (κ2) is 7.69. The number of thiazole rings is 1. The number of nitrogens with zero attached hydrogens (tertiary/aromatic N) is 4. The number of aromatic nitrogens is 3. The molecule has 1 aromatic carbocycles. The lowest BCUT2D eigenvalue weighted by atomic mass is 9.96. The fourth-order valence-corrected chi connectivity index (χ4v) is 4.61. The molecule has 2 amide bonds. The Balaban J connectivity index is 1.51. The molecule has 1 aliphatic rings. The molecular formula is C18H17Cl2N5O2S. The first-order chi connectivity index (χ1) is 13.4. The van der Waals surface area contributed by atoms with E-state index in [-0.39, 0.29) is 23.7 Å². The highest BCUT2D eigenvalue weighted by molar-refractivity contribution is 7.15. The van der Waals surface area contributed by atoms with E-state index in [0.29, 0.717) is 40.9 Å². The number of rotatable bonds is 3. The predicted molar refractivity (Wildman–Crippen MR) is 110 cm³/mol. The van der Waals surface area contributed by atoms with Gasteiger partial charge in [0.2, 0.25) is 22.7 Å². The standard InChI is InChI=1S/C18H17Cl2N5O2S/c1-10(26)24-6-4-11(5-7-24)16(27)21-17-22-18-25(23-17)15(9-28-18)13-3-2-12(19)8-14(13)20/h2-3,8-9,11H,4-7H2,1H3,(H,21,23,27). The summed E-state index contributed by atoms with van der Waals surface area (Å²) in [5, 5.41) is 10.2. The van der Waals surface area contributed by atoms with Crippen molar-refractivity contribution in [1.29, 1.82) is 0 Å². The van der Waals surface area contributed by atoms with Gasteiger partial charge in [0.15, 0.2) is 0 Å². The van der Waals surface area contributed by atoms with Crippen LogP contribution < -0.4 is 5.32 Å². The van der Waals surface area contributed by atoms with Crippen LogP contribution in [0.25, 0.3) is 16.2 Å². The van der Waals surface area contributed by atoms with Crippen LogP contribution in [0.5, 0.6) is 0 Å². The highest BCUT2D eigenvalue weighted by atomic mass is 35.5. The maximum absolute atomic E-state index is 12.6. The molecule has 0 spiro atoms. The molecule has 1 saturated heterocycles. The minimum atomic E-state index is -0.151. The lowest BCUT2D eigenvalue weighted by Gasteiger charge is -2.30. The van der Waals surface area contributed by atoms with Crippen LogP contribution in [-0.2, 0) is 9.59 Å². The van der Waals surface area contributed by atoms with Crippen molar-refractivity contribution in [3.63, 3.8) is 0 Å². The van der Waals surface area contributed by atoms with E-state index in [1.165, 1.54) is 11.3 Å². The largest absolute Gasteiger partial charge is 0.343 e. The number of piperidine rings is 1. The van der Waals surface area contributed by atoms with Crippen LogP contribution in [0, 0.1) is 5.92 Å². The van der Waals surface area contributed by atoms with Crippen LogP contribution in [-0.4, -0.2) is 44.4 Å². The molecule has 0 aliphatic carbocycles. The number of halogens is 2. The Morgan fingerprint density at radius 3 is 2.68 bits per heavy atom. The summed E-state index contributed by atoms with van der Waals surface area (Å²) >= 11 is 13.7. The highest BCUT2D eigenvalue weighted by Crippen LogP contribution is 2.33. The molecule has 28 heavy (non-hydrogen) atoms. The second-order valence-electron chi connectivity index (χ2n) is 6.64. The molecule has 0 unspecified atom stereocenters. The number of amides is 2. The summed E-state index contributed by atoms with van der Waals surface area (Å²) in [5.74, 6) is 0.0373. The Morgan fingerprint density at radius 1 is 1.25 bits per heavy atom. The number of carbonyl (C=O) groups excluding carboxylic acids is 2. The van der Waals surface area contributed by atoms with Gasteiger partial charge in [0.1, 0.15) is 0 Å². The van der Waals surface area contributed by atoms with Gasteiger partial charge < -0.3 is 4.90 Å². The Bertz CT molecular complexity index is 1060. The van der Waals surface area contributed by atoms with Gasteiger partial charge in [-0.1, -0.05) is 23.2 Å². The van der Waals surface area contributed by atoms with Crippen molar-refractivity contribution in [2.24, 2.45) is 5.92 Å². The third-order valence-electron chi connectivity index (χ3n) is 4.83. The monoisotopic (exact) mass is 437 g/mol. The zero-order chi connectivity index (χ0) is 19.8. The van der Waals surface area contributed by atoms with Crippen LogP contribution >= 0.6 is 34.5 Å². The minimum absolute atomic E-state index is 0.0447. The number of carbonyl (C=O) groups is 2. The topological polar surface area (TPSA) is 79.6 Å². The SMILES string of the molecule is CC(=O)N1CCC(C(=O)Nc2nc3scc(-c4ccc(Cl)cc4Cl)n3n2)CC1. The number of fused-ring (bicyclic) bond motifs is 1. The van der Waals surface area contributed by atoms with Crippen molar-refractivity contribution in [2.75, 3.05) is 18.4 Å². The lowest BCUT2D eigenvalue weighted by Crippen LogP contribution is -2.40. The van der Waals surface area contributed by atoms with E-state index < -0.39 is 0 Å². The van der Waals surface area contributed by atoms with Crippen molar-refractivity contribution in [1.82, 2.24) is 19.5 Å². The third kappa shape index (κ3) is 3.72. The molecular weight excluding hydrogens is 421 g/mol. The van der Waals surface area contributed by atoms with E-state index in [4.69, 9.17) is 23.2 Å². The van der Waals surface area contributed by atoms with Gasteiger partial charge in [-0.25, -0.2) is 4.52 Å². The molecule has 0 bridgehead atoms. The van der Waals surface area contributed by atoms with E-state index in [1.54, 1.807) is 28.5 Å². The summed E-state index contributed by atoms with van der Waals surface area (Å²) in [4.78, 5) is 30.8. The van der Waals surface area contributed by atoms with Crippen LogP contribution in [0.4, 0.5) is 5.95 Å². The van der Waals surface area contributed by atoms with Crippen molar-refractivity contribution in [3.05, 3.63) is 33.6 Å². The molecule has 146 valence electrons. The smallest absolute Gasteiger partial charge is 0.250 e. The van der Waals surface area contributed by atoms with E-state index in [1.807, 2.05) is 11.4 Å². The van der Waals surface area contributed by atoms with Gasteiger partial charge in [-0.15, -0.1) is 16.4 Å². The summed E-state index contributed by atoms with van der Waals surface area (Å²) in [5.41, 5.74) is 1.57. The van der Waals surface area contributed by atoms with E-state index in [0.717, 1.165) is 11.3 Å². The average molecular weight is 438 g/mol. The molecule has 3 heterocycles. The van der Waals surface area contributed by atoms with Gasteiger partial charge in [0.05, 0.1) is 10.7 Å². The van der Waals surface area contributed by atoms with Gasteiger partial charge in [-0.2, -0.15) is 4.98 Å². The number of hydrogen-bond donors (Lipinski definition) is 1. The van der Waals surface area contributed by atoms with Gasteiger partial charge in [0, 0.05) is 41.9 Å². The number of anilines is 1. The normalized spacial score (nSPS) is 15.2. The summed E-state index contributed by atoms with van der Waals surface area (Å²) in [6, 6.07) is 5.27. The minimum Gasteiger partial charge on any atom is -0.343 e. The molecule has 4 rings (SSSR count). The van der Waals surface area contributed by atoms with Crippen molar-refractivity contribution in [2.45, 2.75) is 19.8 Å². The summed E-state index contributed by atoms with van der Waals surface area (Å²) < 4.78 is 1.66. The molecule has 0 atom stereocenters. The van der Waals surface area contributed by atoms with E-state index in [2.05, 4.69) is 15.4 Å². The van der Waals surface area contributed by atoms with Crippen LogP contribution in [0.2, 0.25) is 10.0 Å². The predicted octanol–water partition coefficient (Wildman–Crippen LogP) is 3.96. The number of likely N-dealkylation sites (tertiary alicyclic amines) is 1. The summed E-state index contributed by atoms with van der Waals surface area (Å²) in [7, 11) is 0. The van der Waals surface area contributed by atoms with Crippen molar-refractivity contribution in [3.8, 4) is 11.3 Å². The number of nitrogens with one attached hydrogen (secondary N) is 1. The second-order valence-corrected chi connectivity index (χ2v) is 8.32. The fraction of sp³-hybridized carbons (Fsp3) is 0.333. The summed E-state index contributed by atoms with van der Waals surface area (Å²) in [6.45, 7) is 2.74. The third-order valence-corrected chi connectivity index (χ3v) is 6.20. The molecule has 7 nitrogen and oxygen atoms in total. The lowest BCUT2D eigenvalue weighted by molar-refractivity contribution is -0.132. The first-order valence-electron chi connectivity index (χ1n) is 8.78. The fourth-order valence-electron chi connectivity index (χ4n) is 3.29. The molecule has 3 aromatic rings. The molecule has 0 saturated carbocycles. The van der Waals surface area contributed by atoms with Gasteiger partial charge in [0.25, 0.3) is 0 Å². The summed E-state index contributed by atoms with van der Waals surface area (Å²) in [6.07, 6.45) is 1.28. The average Bonchev–Trinajstić information content (AvgIpc) is 3.22. The van der Waals surface area contributed by atoms with Gasteiger partial charge >= 0.3 is 0 Å². The van der Waals surface area contributed by atoms with Crippen LogP contribution in [0.1, 0.15) is 19.8 Å². The molecule has 1 N–H and O–H groups in total. The highest BCUT2D eigenvalue weighted by Gasteiger charge is 2.27. The van der Waals surface area contributed by atoms with Crippen LogP contribution in [0.15, 0.2) is 23.6 Å². The zero-order valence-corrected chi connectivity index (χ0v) is 17.3. The molecule has 1 fully saturated rings. The molecule has 0 radical (unpaired) electrons. The Kier molecular flexibility index (Phi) is 5.27. The van der Waals surface area contributed by atoms with E-state index >= 15 is 0 Å². The maximum Gasteiger partial charge on any atom is 0.250 e. The van der Waals surface area contributed by atoms with Crippen molar-refractivity contribution < 1.29 is 9.59 Å². The Labute approximate surface area is 175 Å². The molecule has 2 aromatic heterocycles. The first-order valence-corrected chi connectivity index (χ1v) is 10.4. The van der Waals surface area contributed by atoms with E-state index in [9.17, 15) is 9.59 Å². The quantitative estimate of drug-likeness (QED) is 0.672. The van der Waals surface area contributed by atoms with Gasteiger partial charge in [-0.3, -0.25) is 14.9 Å². The number of hydrogen-bond acceptors (Lipinski definition) is 5. The number of benzene rings is 1. The Hall–Kier alpha value is -2.16. The van der Waals surface area contributed by atoms with Crippen molar-refractivity contribution >= 4 is 57.3 Å². The molecule has 10 heteroatoms. The Morgan fingerprint density at radius 2 is 2.00 bits per heavy atom. The first kappa shape index (κ1) is 19.2. The molecule has 1 aliphatic heterocycles. The van der Waals surface area contributed by atoms with Crippen LogP contribution in [0.3, 0.4) is 0 Å². The van der Waals surface area contributed by atoms with Gasteiger partial charge in [-0.05, 0) is 31.0 Å².